The van der Waals surface area contributed by atoms with Crippen molar-refractivity contribution in [1.29, 1.82) is 0 Å². The van der Waals surface area contributed by atoms with Crippen molar-refractivity contribution >= 4 is 27.0 Å². The monoisotopic (exact) mass is 421 g/mol. The Balaban J connectivity index is 1.59. The highest BCUT2D eigenvalue weighted by molar-refractivity contribution is 7.89. The summed E-state index contributed by atoms with van der Waals surface area (Å²) in [6.07, 6.45) is 0. The van der Waals surface area contributed by atoms with Crippen LogP contribution < -0.4 is 0 Å². The lowest BCUT2D eigenvalue weighted by Crippen LogP contribution is -2.26. The Bertz CT molecular complexity index is 1310. The Morgan fingerprint density at radius 3 is 2.40 bits per heavy atom. The van der Waals surface area contributed by atoms with Gasteiger partial charge in [-0.2, -0.15) is 4.31 Å². The number of nitrogens with zero attached hydrogens (tertiary/aromatic N) is 2. The summed E-state index contributed by atoms with van der Waals surface area (Å²) in [7, 11) is -2.09. The number of sulfonamides is 1. The fourth-order valence-electron chi connectivity index (χ4n) is 3.17. The number of hydrogen-bond donors (Lipinski definition) is 2. The molecule has 4 rings (SSSR count). The van der Waals surface area contributed by atoms with Crippen molar-refractivity contribution in [3.05, 3.63) is 83.9 Å². The van der Waals surface area contributed by atoms with Gasteiger partial charge in [0.2, 0.25) is 10.0 Å². The van der Waals surface area contributed by atoms with E-state index in [-0.39, 0.29) is 17.0 Å². The molecule has 0 amide bonds. The first-order valence-electron chi connectivity index (χ1n) is 9.18. The number of carbonyl (C=O) groups is 1. The van der Waals surface area contributed by atoms with E-state index >= 15 is 0 Å². The van der Waals surface area contributed by atoms with E-state index in [1.165, 1.54) is 16.4 Å². The minimum absolute atomic E-state index is 0.156. The average Bonchev–Trinajstić information content (AvgIpc) is 3.18. The lowest BCUT2D eigenvalue weighted by molar-refractivity contribution is 0.0697. The molecule has 152 valence electrons. The number of rotatable bonds is 6. The molecule has 0 unspecified atom stereocenters. The molecular weight excluding hydrogens is 402 g/mol. The van der Waals surface area contributed by atoms with Gasteiger partial charge in [-0.25, -0.2) is 18.2 Å². The number of H-pyrrole nitrogens is 1. The number of benzene rings is 3. The minimum Gasteiger partial charge on any atom is -0.478 e. The lowest BCUT2D eigenvalue weighted by Gasteiger charge is -2.17. The van der Waals surface area contributed by atoms with Crippen LogP contribution >= 0.6 is 0 Å². The van der Waals surface area contributed by atoms with Crippen LogP contribution in [0.15, 0.2) is 77.7 Å². The van der Waals surface area contributed by atoms with Gasteiger partial charge in [0.1, 0.15) is 5.82 Å². The van der Waals surface area contributed by atoms with Gasteiger partial charge in [-0.1, -0.05) is 30.3 Å². The Hall–Kier alpha value is -3.49. The van der Waals surface area contributed by atoms with Crippen molar-refractivity contribution in [3.8, 4) is 11.4 Å². The first-order chi connectivity index (χ1) is 14.3. The zero-order valence-corrected chi connectivity index (χ0v) is 16.9. The molecule has 30 heavy (non-hydrogen) atoms. The van der Waals surface area contributed by atoms with Crippen LogP contribution in [0.1, 0.15) is 15.9 Å². The van der Waals surface area contributed by atoms with E-state index in [1.807, 2.05) is 30.3 Å². The van der Waals surface area contributed by atoms with Crippen molar-refractivity contribution in [1.82, 2.24) is 14.3 Å². The normalized spacial score (nSPS) is 11.8. The van der Waals surface area contributed by atoms with Gasteiger partial charge in [-0.05, 0) is 48.0 Å². The van der Waals surface area contributed by atoms with Gasteiger partial charge < -0.3 is 10.1 Å². The highest BCUT2D eigenvalue weighted by Crippen LogP contribution is 2.24. The van der Waals surface area contributed by atoms with Gasteiger partial charge in [0.25, 0.3) is 0 Å². The van der Waals surface area contributed by atoms with Crippen LogP contribution in [0.25, 0.3) is 22.4 Å². The number of carboxylic acid groups (broad SMARTS) is 1. The molecule has 0 saturated heterocycles. The topological polar surface area (TPSA) is 103 Å². The summed E-state index contributed by atoms with van der Waals surface area (Å²) in [6.45, 7) is 0.278. The van der Waals surface area contributed by atoms with Crippen molar-refractivity contribution in [3.63, 3.8) is 0 Å². The summed E-state index contributed by atoms with van der Waals surface area (Å²) < 4.78 is 27.1. The fraction of sp³-hybridized carbons (Fsp3) is 0.0909. The smallest absolute Gasteiger partial charge is 0.335 e. The van der Waals surface area contributed by atoms with E-state index in [9.17, 15) is 13.2 Å². The van der Waals surface area contributed by atoms with Gasteiger partial charge in [0, 0.05) is 19.2 Å². The summed E-state index contributed by atoms with van der Waals surface area (Å²) in [5, 5.41) is 9.11. The van der Waals surface area contributed by atoms with E-state index < -0.39 is 16.0 Å². The number of carboxylic acids is 1. The Kier molecular flexibility index (Phi) is 5.11. The average molecular weight is 421 g/mol. The number of aromatic nitrogens is 2. The van der Waals surface area contributed by atoms with Crippen LogP contribution in [0.3, 0.4) is 0 Å². The highest BCUT2D eigenvalue weighted by atomic mass is 32.2. The number of fused-ring (bicyclic) bond motifs is 1. The Morgan fingerprint density at radius 2 is 1.73 bits per heavy atom. The third-order valence-corrected chi connectivity index (χ3v) is 6.63. The number of nitrogens with one attached hydrogen (secondary N) is 1. The molecule has 0 aliphatic rings. The summed E-state index contributed by atoms with van der Waals surface area (Å²) in [4.78, 5) is 18.9. The predicted octanol–water partition coefficient (Wildman–Crippen LogP) is 3.75. The van der Waals surface area contributed by atoms with E-state index in [2.05, 4.69) is 9.97 Å². The summed E-state index contributed by atoms with van der Waals surface area (Å²) in [5.74, 6) is -0.482. The van der Waals surface area contributed by atoms with E-state index in [0.717, 1.165) is 5.56 Å². The maximum atomic E-state index is 12.9. The first kappa shape index (κ1) is 19.8. The molecule has 7 nitrogen and oxygen atoms in total. The van der Waals surface area contributed by atoms with E-state index in [0.29, 0.717) is 22.4 Å². The SMILES string of the molecule is CN(Cc1ccccc1)S(=O)(=O)c1ccc(-c2nc3cc(C(=O)O)ccc3[nH]2)cc1. The molecule has 0 bridgehead atoms. The first-order valence-corrected chi connectivity index (χ1v) is 10.6. The molecule has 3 aromatic carbocycles. The molecule has 0 radical (unpaired) electrons. The van der Waals surface area contributed by atoms with Crippen LogP contribution in [0.2, 0.25) is 0 Å². The molecule has 1 heterocycles. The van der Waals surface area contributed by atoms with Crippen molar-refractivity contribution < 1.29 is 18.3 Å². The molecule has 0 saturated carbocycles. The Morgan fingerprint density at radius 1 is 1.03 bits per heavy atom. The molecule has 2 N–H and O–H groups in total. The minimum atomic E-state index is -3.64. The molecule has 0 aliphatic carbocycles. The quantitative estimate of drug-likeness (QED) is 0.494. The third kappa shape index (κ3) is 3.83. The maximum Gasteiger partial charge on any atom is 0.335 e. The molecule has 4 aromatic rings. The largest absolute Gasteiger partial charge is 0.478 e. The highest BCUT2D eigenvalue weighted by Gasteiger charge is 2.21. The van der Waals surface area contributed by atoms with Crippen LogP contribution in [0.4, 0.5) is 0 Å². The molecule has 8 heteroatoms. The second kappa shape index (κ2) is 7.74. The standard InChI is InChI=1S/C22H19N3O4S/c1-25(14-15-5-3-2-4-6-15)30(28,29)18-10-7-16(8-11-18)21-23-19-12-9-17(22(26)27)13-20(19)24-21/h2-13H,14H2,1H3,(H,23,24)(H,26,27). The Labute approximate surface area is 173 Å². The number of imidazole rings is 1. The summed E-state index contributed by atoms with van der Waals surface area (Å²) in [6, 6.07) is 20.5. The van der Waals surface area contributed by atoms with Gasteiger partial charge in [0.15, 0.2) is 0 Å². The maximum absolute atomic E-state index is 12.9. The summed E-state index contributed by atoms with van der Waals surface area (Å²) in [5.41, 5.74) is 3.00. The van der Waals surface area contributed by atoms with Gasteiger partial charge in [0.05, 0.1) is 21.5 Å². The molecule has 0 atom stereocenters. The zero-order chi connectivity index (χ0) is 21.3. The predicted molar refractivity (Wildman–Crippen MR) is 114 cm³/mol. The van der Waals surface area contributed by atoms with E-state index in [1.54, 1.807) is 37.4 Å². The van der Waals surface area contributed by atoms with Crippen LogP contribution in [0.5, 0.6) is 0 Å². The van der Waals surface area contributed by atoms with Crippen LogP contribution in [-0.4, -0.2) is 40.8 Å². The number of aromatic carboxylic acids is 1. The molecule has 0 fully saturated rings. The summed E-state index contributed by atoms with van der Waals surface area (Å²) >= 11 is 0. The number of hydrogen-bond acceptors (Lipinski definition) is 4. The molecule has 0 aliphatic heterocycles. The lowest BCUT2D eigenvalue weighted by atomic mass is 10.2. The van der Waals surface area contributed by atoms with Crippen molar-refractivity contribution in [2.75, 3.05) is 7.05 Å². The van der Waals surface area contributed by atoms with Crippen molar-refractivity contribution in [2.45, 2.75) is 11.4 Å². The fourth-order valence-corrected chi connectivity index (χ4v) is 4.32. The zero-order valence-electron chi connectivity index (χ0n) is 16.1. The van der Waals surface area contributed by atoms with Gasteiger partial charge in [-0.15, -0.1) is 0 Å². The third-order valence-electron chi connectivity index (χ3n) is 4.81. The molecular formula is C22H19N3O4S. The second-order valence-electron chi connectivity index (χ2n) is 6.89. The number of aromatic amines is 1. The van der Waals surface area contributed by atoms with Crippen LogP contribution in [0, 0.1) is 0 Å². The van der Waals surface area contributed by atoms with Crippen LogP contribution in [-0.2, 0) is 16.6 Å². The molecule has 1 aromatic heterocycles. The second-order valence-corrected chi connectivity index (χ2v) is 8.94. The molecule has 0 spiro atoms. The van der Waals surface area contributed by atoms with E-state index in [4.69, 9.17) is 5.11 Å². The van der Waals surface area contributed by atoms with Gasteiger partial charge in [-0.3, -0.25) is 0 Å². The van der Waals surface area contributed by atoms with Gasteiger partial charge >= 0.3 is 5.97 Å². The van der Waals surface area contributed by atoms with Crippen molar-refractivity contribution in [2.24, 2.45) is 0 Å².